The number of nitriles is 1. The first-order valence-corrected chi connectivity index (χ1v) is 5.46. The molecule has 0 radical (unpaired) electrons. The van der Waals surface area contributed by atoms with Crippen LogP contribution in [-0.4, -0.2) is 32.1 Å². The van der Waals surface area contributed by atoms with Crippen molar-refractivity contribution < 1.29 is 8.42 Å². The van der Waals surface area contributed by atoms with Crippen molar-refractivity contribution in [1.29, 1.82) is 5.26 Å². The number of hydrogen-bond donors (Lipinski definition) is 0. The molecule has 4 nitrogen and oxygen atoms in total. The van der Waals surface area contributed by atoms with Gasteiger partial charge in [0.2, 0.25) is 10.0 Å². The van der Waals surface area contributed by atoms with Gasteiger partial charge in [-0.3, -0.25) is 0 Å². The minimum absolute atomic E-state index is 0.162. The number of rotatable bonds is 5. The van der Waals surface area contributed by atoms with Gasteiger partial charge in [-0.05, 0) is 6.42 Å². The summed E-state index contributed by atoms with van der Waals surface area (Å²) in [5, 5.41) is 8.24. The molecule has 0 aromatic rings. The van der Waals surface area contributed by atoms with Gasteiger partial charge < -0.3 is 0 Å². The molecule has 0 rings (SSSR count). The molecule has 0 aliphatic rings. The Balaban J connectivity index is 4.09. The number of nitrogens with zero attached hydrogens (tertiary/aromatic N) is 2. The predicted octanol–water partition coefficient (Wildman–Crippen LogP) is 0.572. The average molecular weight is 190 g/mol. The minimum Gasteiger partial charge on any atom is -0.212 e. The summed E-state index contributed by atoms with van der Waals surface area (Å²) in [6, 6.07) is 1.91. The average Bonchev–Trinajstić information content (AvgIpc) is 2.00. The molecule has 0 fully saturated rings. The van der Waals surface area contributed by atoms with Crippen molar-refractivity contribution >= 4 is 10.0 Å². The molecule has 0 heterocycles. The van der Waals surface area contributed by atoms with Crippen molar-refractivity contribution in [2.45, 2.75) is 19.8 Å². The predicted molar refractivity (Wildman–Crippen MR) is 46.9 cm³/mol. The van der Waals surface area contributed by atoms with E-state index in [9.17, 15) is 8.42 Å². The first-order valence-electron chi connectivity index (χ1n) is 3.85. The van der Waals surface area contributed by atoms with Crippen LogP contribution >= 0.6 is 0 Å². The lowest BCUT2D eigenvalue weighted by molar-refractivity contribution is 0.476. The Morgan fingerprint density at radius 2 is 2.08 bits per heavy atom. The van der Waals surface area contributed by atoms with E-state index in [1.165, 1.54) is 11.4 Å². The number of sulfonamides is 1. The summed E-state index contributed by atoms with van der Waals surface area (Å²) in [4.78, 5) is 0. The second kappa shape index (κ2) is 5.12. The molecule has 0 aromatic heterocycles. The van der Waals surface area contributed by atoms with Crippen LogP contribution < -0.4 is 0 Å². The molecule has 0 aliphatic carbocycles. The summed E-state index contributed by atoms with van der Waals surface area (Å²) in [5.74, 6) is 0.162. The summed E-state index contributed by atoms with van der Waals surface area (Å²) in [5.41, 5.74) is 0. The van der Waals surface area contributed by atoms with Crippen molar-refractivity contribution in [3.05, 3.63) is 0 Å². The van der Waals surface area contributed by atoms with E-state index in [0.717, 1.165) is 0 Å². The molecule has 0 atom stereocenters. The highest BCUT2D eigenvalue weighted by Gasteiger charge is 2.15. The third-order valence-corrected chi connectivity index (χ3v) is 3.53. The first-order chi connectivity index (χ1) is 5.54. The molecule has 12 heavy (non-hydrogen) atoms. The van der Waals surface area contributed by atoms with E-state index in [-0.39, 0.29) is 12.2 Å². The topological polar surface area (TPSA) is 61.2 Å². The van der Waals surface area contributed by atoms with Crippen molar-refractivity contribution in [3.8, 4) is 6.07 Å². The van der Waals surface area contributed by atoms with E-state index in [0.29, 0.717) is 13.0 Å². The van der Waals surface area contributed by atoms with Crippen LogP contribution in [0.3, 0.4) is 0 Å². The molecule has 0 N–H and O–H groups in total. The molecule has 0 aromatic carbocycles. The van der Waals surface area contributed by atoms with Gasteiger partial charge in [-0.1, -0.05) is 6.92 Å². The Labute approximate surface area is 73.8 Å². The number of hydrogen-bond acceptors (Lipinski definition) is 3. The van der Waals surface area contributed by atoms with Gasteiger partial charge in [0.1, 0.15) is 0 Å². The van der Waals surface area contributed by atoms with Crippen LogP contribution in [0, 0.1) is 11.3 Å². The zero-order valence-electron chi connectivity index (χ0n) is 7.45. The van der Waals surface area contributed by atoms with Gasteiger partial charge in [0.15, 0.2) is 0 Å². The van der Waals surface area contributed by atoms with Gasteiger partial charge >= 0.3 is 0 Å². The first kappa shape index (κ1) is 11.4. The molecule has 5 heteroatoms. The van der Waals surface area contributed by atoms with Crippen molar-refractivity contribution in [1.82, 2.24) is 4.31 Å². The second-order valence-corrected chi connectivity index (χ2v) is 4.74. The Kier molecular flexibility index (Phi) is 4.86. The molecule has 0 saturated carbocycles. The maximum Gasteiger partial charge on any atom is 0.213 e. The molecule has 0 bridgehead atoms. The molecule has 70 valence electrons. The fourth-order valence-corrected chi connectivity index (χ4v) is 1.96. The highest BCUT2D eigenvalue weighted by Crippen LogP contribution is 2.00. The van der Waals surface area contributed by atoms with Crippen molar-refractivity contribution in [3.63, 3.8) is 0 Å². The molecular formula is C7H14N2O2S. The molecule has 0 saturated heterocycles. The quantitative estimate of drug-likeness (QED) is 0.636. The van der Waals surface area contributed by atoms with Crippen molar-refractivity contribution in [2.75, 3.05) is 19.3 Å². The highest BCUT2D eigenvalue weighted by molar-refractivity contribution is 7.89. The molecule has 0 unspecified atom stereocenters. The fourth-order valence-electron chi connectivity index (χ4n) is 0.760. The van der Waals surface area contributed by atoms with Crippen molar-refractivity contribution in [2.24, 2.45) is 0 Å². The van der Waals surface area contributed by atoms with Gasteiger partial charge in [-0.2, -0.15) is 5.26 Å². The third-order valence-electron chi connectivity index (χ3n) is 1.48. The zero-order chi connectivity index (χ0) is 9.61. The van der Waals surface area contributed by atoms with Crippen LogP contribution in [0.5, 0.6) is 0 Å². The minimum atomic E-state index is -3.10. The lowest BCUT2D eigenvalue weighted by atomic mass is 10.5. The summed E-state index contributed by atoms with van der Waals surface area (Å²) in [6.45, 7) is 2.11. The summed E-state index contributed by atoms with van der Waals surface area (Å²) >= 11 is 0. The third kappa shape index (κ3) is 3.69. The van der Waals surface area contributed by atoms with E-state index < -0.39 is 10.0 Å². The Morgan fingerprint density at radius 3 is 2.50 bits per heavy atom. The van der Waals surface area contributed by atoms with Gasteiger partial charge in [0.05, 0.1) is 11.8 Å². The second-order valence-electron chi connectivity index (χ2n) is 2.55. The standard InChI is InChI=1S/C7H14N2O2S/c1-3-7-12(10,11)9(2)6-4-5-8/h3-4,6-7H2,1-2H3. The zero-order valence-corrected chi connectivity index (χ0v) is 8.26. The summed E-state index contributed by atoms with van der Waals surface area (Å²) in [7, 11) is -1.60. The van der Waals surface area contributed by atoms with Gasteiger partial charge in [-0.25, -0.2) is 12.7 Å². The van der Waals surface area contributed by atoms with E-state index in [2.05, 4.69) is 0 Å². The molecule has 0 amide bonds. The maximum atomic E-state index is 11.3. The van der Waals surface area contributed by atoms with Gasteiger partial charge in [-0.15, -0.1) is 0 Å². The molecule has 0 aliphatic heterocycles. The van der Waals surface area contributed by atoms with E-state index in [1.807, 2.05) is 13.0 Å². The Morgan fingerprint density at radius 1 is 1.50 bits per heavy atom. The monoisotopic (exact) mass is 190 g/mol. The fraction of sp³-hybridized carbons (Fsp3) is 0.857. The van der Waals surface area contributed by atoms with Crippen LogP contribution in [0.4, 0.5) is 0 Å². The van der Waals surface area contributed by atoms with Crippen LogP contribution in [0.25, 0.3) is 0 Å². The normalized spacial score (nSPS) is 11.5. The lowest BCUT2D eigenvalue weighted by Gasteiger charge is -2.14. The Hall–Kier alpha value is -0.600. The lowest BCUT2D eigenvalue weighted by Crippen LogP contribution is -2.29. The van der Waals surface area contributed by atoms with Crippen LogP contribution in [0.2, 0.25) is 0 Å². The van der Waals surface area contributed by atoms with Gasteiger partial charge in [0, 0.05) is 20.0 Å². The largest absolute Gasteiger partial charge is 0.213 e. The Bertz CT molecular complexity index is 253. The van der Waals surface area contributed by atoms with Gasteiger partial charge in [0.25, 0.3) is 0 Å². The summed E-state index contributed by atoms with van der Waals surface area (Å²) in [6.07, 6.45) is 0.860. The van der Waals surface area contributed by atoms with E-state index >= 15 is 0 Å². The molecule has 0 spiro atoms. The van der Waals surface area contributed by atoms with E-state index in [1.54, 1.807) is 0 Å². The smallest absolute Gasteiger partial charge is 0.212 e. The maximum absolute atomic E-state index is 11.3. The van der Waals surface area contributed by atoms with E-state index in [4.69, 9.17) is 5.26 Å². The summed E-state index contributed by atoms with van der Waals surface area (Å²) < 4.78 is 23.7. The van der Waals surface area contributed by atoms with Crippen LogP contribution in [0.15, 0.2) is 0 Å². The van der Waals surface area contributed by atoms with Crippen LogP contribution in [-0.2, 0) is 10.0 Å². The molecular weight excluding hydrogens is 176 g/mol. The highest BCUT2D eigenvalue weighted by atomic mass is 32.2. The van der Waals surface area contributed by atoms with Crippen LogP contribution in [0.1, 0.15) is 19.8 Å². The SMILES string of the molecule is CCCS(=O)(=O)N(C)CCC#N.